The van der Waals surface area contributed by atoms with Crippen molar-refractivity contribution in [2.24, 2.45) is 0 Å². The number of rotatable bonds is 4. The van der Waals surface area contributed by atoms with Crippen LogP contribution in [0.25, 0.3) is 0 Å². The number of anilines is 2. The van der Waals surface area contributed by atoms with Crippen molar-refractivity contribution in [2.45, 2.75) is 0 Å². The Bertz CT molecular complexity index is 326. The molecule has 1 fully saturated rings. The zero-order valence-corrected chi connectivity index (χ0v) is 9.35. The molecule has 0 saturated carbocycles. The molecule has 0 unspecified atom stereocenters. The van der Waals surface area contributed by atoms with E-state index in [2.05, 4.69) is 15.2 Å². The van der Waals surface area contributed by atoms with Gasteiger partial charge in [-0.15, -0.1) is 0 Å². The average Bonchev–Trinajstić information content (AvgIpc) is 2.30. The fraction of sp³-hybridized carbons (Fsp3) is 0.545. The van der Waals surface area contributed by atoms with Gasteiger partial charge >= 0.3 is 0 Å². The lowest BCUT2D eigenvalue weighted by Gasteiger charge is -2.26. The predicted molar refractivity (Wildman–Crippen MR) is 64.4 cm³/mol. The molecule has 1 saturated heterocycles. The summed E-state index contributed by atoms with van der Waals surface area (Å²) >= 11 is 0. The van der Waals surface area contributed by atoms with Crippen LogP contribution in [0.15, 0.2) is 18.5 Å². The molecule has 0 atom stereocenters. The van der Waals surface area contributed by atoms with Gasteiger partial charge in [0.05, 0.1) is 30.8 Å². The number of pyridine rings is 1. The van der Waals surface area contributed by atoms with Crippen LogP contribution in [-0.4, -0.2) is 49.3 Å². The van der Waals surface area contributed by atoms with E-state index in [9.17, 15) is 0 Å². The van der Waals surface area contributed by atoms with Crippen LogP contribution < -0.4 is 11.1 Å². The summed E-state index contributed by atoms with van der Waals surface area (Å²) in [5.41, 5.74) is 7.31. The summed E-state index contributed by atoms with van der Waals surface area (Å²) in [6, 6.07) is 1.90. The molecule has 0 aromatic carbocycles. The lowest BCUT2D eigenvalue weighted by atomic mass is 10.3. The molecule has 1 aromatic rings. The van der Waals surface area contributed by atoms with Crippen LogP contribution >= 0.6 is 0 Å². The van der Waals surface area contributed by atoms with Crippen molar-refractivity contribution >= 4 is 11.4 Å². The van der Waals surface area contributed by atoms with E-state index >= 15 is 0 Å². The zero-order valence-electron chi connectivity index (χ0n) is 9.35. The minimum Gasteiger partial charge on any atom is -0.397 e. The van der Waals surface area contributed by atoms with E-state index in [1.54, 1.807) is 12.4 Å². The number of hydrogen-bond donors (Lipinski definition) is 2. The topological polar surface area (TPSA) is 63.4 Å². The normalized spacial score (nSPS) is 17.2. The molecule has 1 aromatic heterocycles. The van der Waals surface area contributed by atoms with Gasteiger partial charge < -0.3 is 15.8 Å². The van der Waals surface area contributed by atoms with E-state index in [4.69, 9.17) is 10.5 Å². The molecule has 2 heterocycles. The molecule has 5 heteroatoms. The Morgan fingerprint density at radius 3 is 2.94 bits per heavy atom. The van der Waals surface area contributed by atoms with Crippen molar-refractivity contribution in [1.82, 2.24) is 9.88 Å². The monoisotopic (exact) mass is 222 g/mol. The van der Waals surface area contributed by atoms with Crippen LogP contribution in [0.1, 0.15) is 0 Å². The number of ether oxygens (including phenoxy) is 1. The van der Waals surface area contributed by atoms with Gasteiger partial charge in [-0.3, -0.25) is 9.88 Å². The first kappa shape index (κ1) is 11.2. The van der Waals surface area contributed by atoms with E-state index in [1.165, 1.54) is 0 Å². The molecule has 1 aliphatic heterocycles. The summed E-state index contributed by atoms with van der Waals surface area (Å²) in [4.78, 5) is 6.41. The van der Waals surface area contributed by atoms with Crippen LogP contribution in [0.5, 0.6) is 0 Å². The van der Waals surface area contributed by atoms with Crippen LogP contribution in [0.3, 0.4) is 0 Å². The highest BCUT2D eigenvalue weighted by Gasteiger charge is 2.08. The van der Waals surface area contributed by atoms with Crippen molar-refractivity contribution in [2.75, 3.05) is 50.4 Å². The Labute approximate surface area is 95.6 Å². The van der Waals surface area contributed by atoms with E-state index in [-0.39, 0.29) is 0 Å². The van der Waals surface area contributed by atoms with Gasteiger partial charge in [0.15, 0.2) is 0 Å². The minimum atomic E-state index is 0.691. The second-order valence-corrected chi connectivity index (χ2v) is 3.89. The van der Waals surface area contributed by atoms with Gasteiger partial charge in [-0.05, 0) is 6.07 Å². The fourth-order valence-corrected chi connectivity index (χ4v) is 1.74. The highest BCUT2D eigenvalue weighted by molar-refractivity contribution is 5.51. The van der Waals surface area contributed by atoms with Crippen LogP contribution in [0.4, 0.5) is 11.4 Å². The van der Waals surface area contributed by atoms with E-state index in [0.29, 0.717) is 5.69 Å². The summed E-state index contributed by atoms with van der Waals surface area (Å²) in [6.07, 6.45) is 3.43. The first-order valence-corrected chi connectivity index (χ1v) is 5.59. The standard InChI is InChI=1S/C11H18N4O/c12-10-7-11(9-13-8-10)14-1-2-15-3-5-16-6-4-15/h7-9,14H,1-6,12H2. The number of nitrogens with one attached hydrogen (secondary N) is 1. The second kappa shape index (κ2) is 5.67. The molecule has 16 heavy (non-hydrogen) atoms. The lowest BCUT2D eigenvalue weighted by Crippen LogP contribution is -2.39. The molecular weight excluding hydrogens is 204 g/mol. The van der Waals surface area contributed by atoms with E-state index in [0.717, 1.165) is 45.1 Å². The molecule has 5 nitrogen and oxygen atoms in total. The van der Waals surface area contributed by atoms with Gasteiger partial charge in [-0.1, -0.05) is 0 Å². The van der Waals surface area contributed by atoms with Crippen molar-refractivity contribution < 1.29 is 4.74 Å². The van der Waals surface area contributed by atoms with Gasteiger partial charge in [0, 0.05) is 32.4 Å². The Morgan fingerprint density at radius 2 is 2.19 bits per heavy atom. The maximum atomic E-state index is 5.64. The Morgan fingerprint density at radius 1 is 1.38 bits per heavy atom. The third-order valence-corrected chi connectivity index (χ3v) is 2.62. The number of nitrogens with zero attached hydrogens (tertiary/aromatic N) is 2. The maximum absolute atomic E-state index is 5.64. The highest BCUT2D eigenvalue weighted by atomic mass is 16.5. The van der Waals surface area contributed by atoms with Crippen LogP contribution in [0.2, 0.25) is 0 Å². The lowest BCUT2D eigenvalue weighted by molar-refractivity contribution is 0.0398. The van der Waals surface area contributed by atoms with Gasteiger partial charge in [-0.25, -0.2) is 0 Å². The minimum absolute atomic E-state index is 0.691. The first-order chi connectivity index (χ1) is 7.84. The van der Waals surface area contributed by atoms with Crippen molar-refractivity contribution in [3.63, 3.8) is 0 Å². The van der Waals surface area contributed by atoms with Crippen LogP contribution in [-0.2, 0) is 4.74 Å². The van der Waals surface area contributed by atoms with Gasteiger partial charge in [0.2, 0.25) is 0 Å². The predicted octanol–water partition coefficient (Wildman–Crippen LogP) is 0.408. The SMILES string of the molecule is Nc1cncc(NCCN2CCOCC2)c1. The molecule has 3 N–H and O–H groups in total. The zero-order chi connectivity index (χ0) is 11.2. The Hall–Kier alpha value is -1.33. The summed E-state index contributed by atoms with van der Waals surface area (Å²) in [7, 11) is 0. The average molecular weight is 222 g/mol. The van der Waals surface area contributed by atoms with Gasteiger partial charge in [0.1, 0.15) is 0 Å². The van der Waals surface area contributed by atoms with Gasteiger partial charge in [0.25, 0.3) is 0 Å². The molecule has 0 spiro atoms. The third-order valence-electron chi connectivity index (χ3n) is 2.62. The number of aromatic nitrogens is 1. The smallest absolute Gasteiger partial charge is 0.0594 e. The van der Waals surface area contributed by atoms with Crippen LogP contribution in [0, 0.1) is 0 Å². The molecule has 0 aliphatic carbocycles. The van der Waals surface area contributed by atoms with Gasteiger partial charge in [-0.2, -0.15) is 0 Å². The third kappa shape index (κ3) is 3.36. The number of nitrogens with two attached hydrogens (primary N) is 1. The van der Waals surface area contributed by atoms with E-state index < -0.39 is 0 Å². The molecular formula is C11H18N4O. The Kier molecular flexibility index (Phi) is 3.96. The summed E-state index contributed by atoms with van der Waals surface area (Å²) < 4.78 is 5.29. The molecule has 2 rings (SSSR count). The molecule has 0 bridgehead atoms. The van der Waals surface area contributed by atoms with Crippen molar-refractivity contribution in [1.29, 1.82) is 0 Å². The summed E-state index contributed by atoms with van der Waals surface area (Å²) in [6.45, 7) is 5.68. The molecule has 0 amide bonds. The number of nitrogen functional groups attached to an aromatic ring is 1. The maximum Gasteiger partial charge on any atom is 0.0594 e. The summed E-state index contributed by atoms with van der Waals surface area (Å²) in [5, 5.41) is 3.31. The second-order valence-electron chi connectivity index (χ2n) is 3.89. The fourth-order valence-electron chi connectivity index (χ4n) is 1.74. The largest absolute Gasteiger partial charge is 0.397 e. The molecule has 88 valence electrons. The van der Waals surface area contributed by atoms with Crippen molar-refractivity contribution in [3.8, 4) is 0 Å². The number of morpholine rings is 1. The number of hydrogen-bond acceptors (Lipinski definition) is 5. The molecule has 0 radical (unpaired) electrons. The van der Waals surface area contributed by atoms with E-state index in [1.807, 2.05) is 6.07 Å². The first-order valence-electron chi connectivity index (χ1n) is 5.59. The summed E-state index contributed by atoms with van der Waals surface area (Å²) in [5.74, 6) is 0. The molecule has 1 aliphatic rings. The Balaban J connectivity index is 1.71. The quantitative estimate of drug-likeness (QED) is 0.772. The highest BCUT2D eigenvalue weighted by Crippen LogP contribution is 2.08. The van der Waals surface area contributed by atoms with Crippen molar-refractivity contribution in [3.05, 3.63) is 18.5 Å².